The number of fused-ring (bicyclic) bond motifs is 1. The summed E-state index contributed by atoms with van der Waals surface area (Å²) in [6.07, 6.45) is 3.31. The Bertz CT molecular complexity index is 1360. The van der Waals surface area contributed by atoms with Gasteiger partial charge in [-0.25, -0.2) is 17.4 Å². The minimum atomic E-state index is -3.90. The molecular weight excluding hydrogens is 416 g/mol. The van der Waals surface area contributed by atoms with Crippen molar-refractivity contribution in [1.29, 1.82) is 0 Å². The van der Waals surface area contributed by atoms with Crippen LogP contribution in [0.2, 0.25) is 0 Å². The molecule has 1 N–H and O–H groups in total. The highest BCUT2D eigenvalue weighted by molar-refractivity contribution is 7.90. The van der Waals surface area contributed by atoms with Crippen LogP contribution in [0, 0.1) is 0 Å². The number of para-hydroxylation sites is 1. The Morgan fingerprint density at radius 1 is 1.06 bits per heavy atom. The second-order valence-electron chi connectivity index (χ2n) is 6.98. The minimum absolute atomic E-state index is 0.0754. The third-order valence-corrected chi connectivity index (χ3v) is 6.71. The fourth-order valence-electron chi connectivity index (χ4n) is 3.48. The maximum Gasteiger partial charge on any atom is 0.303 e. The van der Waals surface area contributed by atoms with Crippen LogP contribution in [0.25, 0.3) is 22.0 Å². The maximum absolute atomic E-state index is 13.5. The molecule has 2 heterocycles. The standard InChI is InChI=1S/C23H20N2O5S/c1-30-22-11-9-17(14-24-22)16-5-4-6-19(13-16)31(28,29)25-15-18(10-12-23(26)27)20-7-2-3-8-21(20)25/h2-9,11,13-15H,10,12H2,1H3,(H,26,27). The summed E-state index contributed by atoms with van der Waals surface area (Å²) < 4.78 is 33.3. The summed E-state index contributed by atoms with van der Waals surface area (Å²) in [6.45, 7) is 0. The van der Waals surface area contributed by atoms with Crippen LogP contribution >= 0.6 is 0 Å². The molecule has 0 aliphatic rings. The van der Waals surface area contributed by atoms with Crippen molar-refractivity contribution in [2.45, 2.75) is 17.7 Å². The summed E-state index contributed by atoms with van der Waals surface area (Å²) in [4.78, 5) is 15.3. The number of aliphatic carboxylic acids is 1. The van der Waals surface area contributed by atoms with E-state index in [1.807, 2.05) is 12.1 Å². The quantitative estimate of drug-likeness (QED) is 0.471. The molecule has 0 saturated heterocycles. The number of benzene rings is 2. The molecule has 0 fully saturated rings. The zero-order valence-electron chi connectivity index (χ0n) is 16.7. The van der Waals surface area contributed by atoms with Gasteiger partial charge in [-0.15, -0.1) is 0 Å². The number of methoxy groups -OCH3 is 1. The SMILES string of the molecule is COc1ccc(-c2cccc(S(=O)(=O)n3cc(CCC(=O)O)c4ccccc43)c2)cn1. The highest BCUT2D eigenvalue weighted by atomic mass is 32.2. The van der Waals surface area contributed by atoms with Gasteiger partial charge in [0.25, 0.3) is 10.0 Å². The highest BCUT2D eigenvalue weighted by Gasteiger charge is 2.22. The van der Waals surface area contributed by atoms with Crippen LogP contribution in [-0.2, 0) is 21.2 Å². The zero-order chi connectivity index (χ0) is 22.0. The first kappa shape index (κ1) is 20.6. The zero-order valence-corrected chi connectivity index (χ0v) is 17.5. The van der Waals surface area contributed by atoms with E-state index in [1.54, 1.807) is 54.7 Å². The van der Waals surface area contributed by atoms with Crippen molar-refractivity contribution < 1.29 is 23.1 Å². The predicted octanol–water partition coefficient (Wildman–Crippen LogP) is 3.97. The van der Waals surface area contributed by atoms with Gasteiger partial charge < -0.3 is 9.84 Å². The van der Waals surface area contributed by atoms with E-state index in [2.05, 4.69) is 4.98 Å². The van der Waals surface area contributed by atoms with Gasteiger partial charge in [-0.1, -0.05) is 30.3 Å². The lowest BCUT2D eigenvalue weighted by atomic mass is 10.1. The van der Waals surface area contributed by atoms with Crippen molar-refractivity contribution >= 4 is 26.9 Å². The number of hydrogen-bond acceptors (Lipinski definition) is 5. The van der Waals surface area contributed by atoms with Crippen molar-refractivity contribution in [1.82, 2.24) is 8.96 Å². The van der Waals surface area contributed by atoms with Crippen LogP contribution in [0.15, 0.2) is 78.0 Å². The van der Waals surface area contributed by atoms with Gasteiger partial charge in [-0.2, -0.15) is 0 Å². The molecular formula is C23H20N2O5S. The van der Waals surface area contributed by atoms with E-state index < -0.39 is 16.0 Å². The number of aryl methyl sites for hydroxylation is 1. The van der Waals surface area contributed by atoms with Gasteiger partial charge in [-0.3, -0.25) is 4.79 Å². The number of hydrogen-bond donors (Lipinski definition) is 1. The molecule has 31 heavy (non-hydrogen) atoms. The van der Waals surface area contributed by atoms with Crippen molar-refractivity contribution in [3.63, 3.8) is 0 Å². The van der Waals surface area contributed by atoms with Gasteiger partial charge in [0, 0.05) is 35.8 Å². The lowest BCUT2D eigenvalue weighted by molar-refractivity contribution is -0.136. The molecule has 4 rings (SSSR count). The van der Waals surface area contributed by atoms with Crippen LogP contribution in [0.5, 0.6) is 5.88 Å². The van der Waals surface area contributed by atoms with Crippen LogP contribution in [0.3, 0.4) is 0 Å². The topological polar surface area (TPSA) is 98.5 Å². The van der Waals surface area contributed by atoms with Gasteiger partial charge in [-0.05, 0) is 41.8 Å². The second kappa shape index (κ2) is 8.23. The molecule has 2 aromatic carbocycles. The number of ether oxygens (including phenoxy) is 1. The number of pyridine rings is 1. The molecule has 0 spiro atoms. The fourth-order valence-corrected chi connectivity index (χ4v) is 4.92. The van der Waals surface area contributed by atoms with E-state index in [0.717, 1.165) is 10.9 Å². The lowest BCUT2D eigenvalue weighted by Crippen LogP contribution is -2.12. The Labute approximate surface area is 179 Å². The Morgan fingerprint density at radius 2 is 1.87 bits per heavy atom. The number of nitrogens with zero attached hydrogens (tertiary/aromatic N) is 2. The molecule has 0 aliphatic carbocycles. The van der Waals surface area contributed by atoms with Gasteiger partial charge >= 0.3 is 5.97 Å². The summed E-state index contributed by atoms with van der Waals surface area (Å²) in [5.41, 5.74) is 2.66. The molecule has 0 saturated carbocycles. The summed E-state index contributed by atoms with van der Waals surface area (Å²) in [5, 5.41) is 9.75. The lowest BCUT2D eigenvalue weighted by Gasteiger charge is -2.10. The third-order valence-electron chi connectivity index (χ3n) is 5.04. The van der Waals surface area contributed by atoms with Crippen molar-refractivity contribution in [2.75, 3.05) is 7.11 Å². The number of carboxylic acids is 1. The summed E-state index contributed by atoms with van der Waals surface area (Å²) in [7, 11) is -2.37. The largest absolute Gasteiger partial charge is 0.481 e. The summed E-state index contributed by atoms with van der Waals surface area (Å²) >= 11 is 0. The number of carbonyl (C=O) groups is 1. The molecule has 0 bridgehead atoms. The monoisotopic (exact) mass is 436 g/mol. The van der Waals surface area contributed by atoms with E-state index in [9.17, 15) is 13.2 Å². The number of carboxylic acid groups (broad SMARTS) is 1. The first-order valence-electron chi connectivity index (χ1n) is 9.57. The van der Waals surface area contributed by atoms with Crippen molar-refractivity contribution in [3.05, 3.63) is 78.6 Å². The molecule has 158 valence electrons. The molecule has 4 aromatic rings. The van der Waals surface area contributed by atoms with Gasteiger partial charge in [0.15, 0.2) is 0 Å². The fraction of sp³-hybridized carbons (Fsp3) is 0.130. The van der Waals surface area contributed by atoms with Gasteiger partial charge in [0.05, 0.1) is 17.5 Å². The molecule has 0 unspecified atom stereocenters. The van der Waals surface area contributed by atoms with Crippen LogP contribution in [0.4, 0.5) is 0 Å². The van der Waals surface area contributed by atoms with E-state index >= 15 is 0 Å². The normalized spacial score (nSPS) is 11.5. The Hall–Kier alpha value is -3.65. The maximum atomic E-state index is 13.5. The molecule has 0 atom stereocenters. The van der Waals surface area contributed by atoms with E-state index in [1.165, 1.54) is 17.3 Å². The first-order chi connectivity index (χ1) is 14.9. The molecule has 8 heteroatoms. The molecule has 0 radical (unpaired) electrons. The molecule has 2 aromatic heterocycles. The Kier molecular flexibility index (Phi) is 5.48. The smallest absolute Gasteiger partial charge is 0.303 e. The second-order valence-corrected chi connectivity index (χ2v) is 8.80. The average Bonchev–Trinajstić information content (AvgIpc) is 3.17. The average molecular weight is 436 g/mol. The Morgan fingerprint density at radius 3 is 2.58 bits per heavy atom. The van der Waals surface area contributed by atoms with Crippen molar-refractivity contribution in [2.24, 2.45) is 0 Å². The molecule has 7 nitrogen and oxygen atoms in total. The van der Waals surface area contributed by atoms with E-state index in [4.69, 9.17) is 9.84 Å². The van der Waals surface area contributed by atoms with Gasteiger partial charge in [0.1, 0.15) is 0 Å². The van der Waals surface area contributed by atoms with E-state index in [0.29, 0.717) is 22.5 Å². The first-order valence-corrected chi connectivity index (χ1v) is 11.0. The summed E-state index contributed by atoms with van der Waals surface area (Å²) in [5.74, 6) is -0.458. The predicted molar refractivity (Wildman–Crippen MR) is 117 cm³/mol. The number of aromatic nitrogens is 2. The molecule has 0 amide bonds. The minimum Gasteiger partial charge on any atom is -0.481 e. The van der Waals surface area contributed by atoms with Crippen LogP contribution in [0.1, 0.15) is 12.0 Å². The number of rotatable bonds is 7. The van der Waals surface area contributed by atoms with Gasteiger partial charge in [0.2, 0.25) is 5.88 Å². The van der Waals surface area contributed by atoms with Crippen molar-refractivity contribution in [3.8, 4) is 17.0 Å². The Balaban J connectivity index is 1.78. The van der Waals surface area contributed by atoms with E-state index in [-0.39, 0.29) is 17.7 Å². The third kappa shape index (κ3) is 4.02. The molecule has 0 aliphatic heterocycles. The summed E-state index contributed by atoms with van der Waals surface area (Å²) in [6, 6.07) is 17.3. The highest BCUT2D eigenvalue weighted by Crippen LogP contribution is 2.29. The van der Waals surface area contributed by atoms with Crippen LogP contribution < -0.4 is 4.74 Å². The van der Waals surface area contributed by atoms with Crippen LogP contribution in [-0.4, -0.2) is 35.6 Å².